The molecule has 2 heterocycles. The number of urea groups is 1. The summed E-state index contributed by atoms with van der Waals surface area (Å²) >= 11 is 12.4. The lowest BCUT2D eigenvalue weighted by atomic mass is 9.92. The number of fused-ring (bicyclic) bond motifs is 2. The van der Waals surface area contributed by atoms with Gasteiger partial charge in [-0.1, -0.05) is 53.5 Å². The number of benzene rings is 2. The summed E-state index contributed by atoms with van der Waals surface area (Å²) in [6.07, 6.45) is 7.67. The summed E-state index contributed by atoms with van der Waals surface area (Å²) in [7, 11) is -4.08. The Morgan fingerprint density at radius 2 is 1.92 bits per heavy atom. The first-order chi connectivity index (χ1) is 17.8. The van der Waals surface area contributed by atoms with E-state index in [1.807, 2.05) is 29.1 Å². The summed E-state index contributed by atoms with van der Waals surface area (Å²) in [6, 6.07) is 13.2. The van der Waals surface area contributed by atoms with Crippen LogP contribution in [0.2, 0.25) is 10.0 Å². The number of nitrogens with one attached hydrogen (secondary N) is 2. The smallest absolute Gasteiger partial charge is 0.328 e. The number of nitrogens with zero attached hydrogens (tertiary/aromatic N) is 3. The molecule has 5 rings (SSSR count). The van der Waals surface area contributed by atoms with Crippen molar-refractivity contribution in [2.45, 2.75) is 30.7 Å². The topological polar surface area (TPSA) is 106 Å². The van der Waals surface area contributed by atoms with E-state index in [1.165, 1.54) is 12.3 Å². The van der Waals surface area contributed by atoms with E-state index in [9.17, 15) is 13.2 Å². The molecule has 2 N–H and O–H groups in total. The summed E-state index contributed by atoms with van der Waals surface area (Å²) in [5.74, 6) is 0. The van der Waals surface area contributed by atoms with Gasteiger partial charge in [-0.3, -0.25) is 9.67 Å². The van der Waals surface area contributed by atoms with Crippen LogP contribution >= 0.6 is 23.2 Å². The second kappa shape index (κ2) is 10.5. The first kappa shape index (κ1) is 25.3. The molecule has 11 heteroatoms. The van der Waals surface area contributed by atoms with Crippen LogP contribution in [0.1, 0.15) is 29.7 Å². The molecule has 1 aliphatic carbocycles. The number of aryl methyl sites for hydroxylation is 1. The molecule has 2 aromatic carbocycles. The van der Waals surface area contributed by atoms with E-state index in [0.717, 1.165) is 41.7 Å². The van der Waals surface area contributed by atoms with Gasteiger partial charge in [-0.05, 0) is 60.2 Å². The Morgan fingerprint density at radius 1 is 1.08 bits per heavy atom. The van der Waals surface area contributed by atoms with Gasteiger partial charge in [0.15, 0.2) is 0 Å². The summed E-state index contributed by atoms with van der Waals surface area (Å²) in [5, 5.41) is 8.97. The largest absolute Gasteiger partial charge is 0.334 e. The van der Waals surface area contributed by atoms with Crippen molar-refractivity contribution in [1.29, 1.82) is 0 Å². The molecular formula is C26H23Cl2N5O3S. The number of rotatable bonds is 6. The third kappa shape index (κ3) is 5.64. The summed E-state index contributed by atoms with van der Waals surface area (Å²) < 4.78 is 29.3. The van der Waals surface area contributed by atoms with Crippen molar-refractivity contribution in [2.75, 3.05) is 6.54 Å². The first-order valence-corrected chi connectivity index (χ1v) is 13.9. The zero-order valence-corrected chi connectivity index (χ0v) is 21.9. The Labute approximate surface area is 224 Å². The molecule has 0 saturated carbocycles. The quantitative estimate of drug-likeness (QED) is 0.340. The molecule has 0 aliphatic heterocycles. The minimum absolute atomic E-state index is 0.0820. The highest BCUT2D eigenvalue weighted by molar-refractivity contribution is 7.90. The average Bonchev–Trinajstić information content (AvgIpc) is 3.29. The average molecular weight is 556 g/mol. The third-order valence-corrected chi connectivity index (χ3v) is 8.05. The molecule has 1 aliphatic rings. The molecule has 0 fully saturated rings. The Morgan fingerprint density at radius 3 is 2.76 bits per heavy atom. The molecule has 0 saturated heterocycles. The van der Waals surface area contributed by atoms with Gasteiger partial charge in [-0.15, -0.1) is 0 Å². The highest BCUT2D eigenvalue weighted by atomic mass is 35.5. The molecule has 0 unspecified atom stereocenters. The van der Waals surface area contributed by atoms with Gasteiger partial charge in [0.2, 0.25) is 0 Å². The molecule has 4 aromatic rings. The van der Waals surface area contributed by atoms with Crippen molar-refractivity contribution in [1.82, 2.24) is 24.8 Å². The lowest BCUT2D eigenvalue weighted by Gasteiger charge is -2.18. The Hall–Kier alpha value is -3.40. The Balaban J connectivity index is 1.27. The van der Waals surface area contributed by atoms with Crippen molar-refractivity contribution < 1.29 is 13.2 Å². The zero-order valence-electron chi connectivity index (χ0n) is 19.6. The van der Waals surface area contributed by atoms with Gasteiger partial charge in [0, 0.05) is 28.2 Å². The molecule has 0 atom stereocenters. The molecule has 8 nitrogen and oxygen atoms in total. The van der Waals surface area contributed by atoms with Crippen LogP contribution in [0, 0.1) is 0 Å². The number of amides is 2. The van der Waals surface area contributed by atoms with E-state index in [1.54, 1.807) is 30.3 Å². The molecular weight excluding hydrogens is 533 g/mol. The number of carbonyl (C=O) groups is 1. The highest BCUT2D eigenvalue weighted by Crippen LogP contribution is 2.32. The highest BCUT2D eigenvalue weighted by Gasteiger charge is 2.21. The molecule has 0 bridgehead atoms. The number of pyridine rings is 1. The number of carbonyl (C=O) groups excluding carboxylic acids is 1. The standard InChI is InChI=1S/C26H23Cl2N5O3S/c27-21-9-8-20(23(28)13-21)16-33-25-17(5-3-6-19(25)14-31-33)10-11-29-26(34)32-37(35,36)22-12-18-4-1-2-7-24(18)30-15-22/h1-2,4,7-10,12-15H,3,5-6,11,16H2,(H2,29,32,34)/b17-10+. The van der Waals surface area contributed by atoms with Gasteiger partial charge < -0.3 is 5.32 Å². The lowest BCUT2D eigenvalue weighted by Crippen LogP contribution is -2.39. The second-order valence-electron chi connectivity index (χ2n) is 8.67. The monoisotopic (exact) mass is 555 g/mol. The van der Waals surface area contributed by atoms with Gasteiger partial charge >= 0.3 is 6.03 Å². The number of aromatic nitrogens is 3. The van der Waals surface area contributed by atoms with Crippen LogP contribution in [0.3, 0.4) is 0 Å². The normalized spacial score (nSPS) is 14.5. The van der Waals surface area contributed by atoms with Crippen molar-refractivity contribution in [3.05, 3.63) is 93.9 Å². The number of para-hydroxylation sites is 1. The first-order valence-electron chi connectivity index (χ1n) is 11.6. The fraction of sp³-hybridized carbons (Fsp3) is 0.192. The van der Waals surface area contributed by atoms with Crippen molar-refractivity contribution in [3.63, 3.8) is 0 Å². The Kier molecular flexibility index (Phi) is 7.19. The fourth-order valence-corrected chi connectivity index (χ4v) is 5.75. The predicted octanol–water partition coefficient (Wildman–Crippen LogP) is 5.19. The minimum atomic E-state index is -4.08. The van der Waals surface area contributed by atoms with E-state index in [-0.39, 0.29) is 11.4 Å². The summed E-state index contributed by atoms with van der Waals surface area (Å²) in [4.78, 5) is 16.5. The van der Waals surface area contributed by atoms with Gasteiger partial charge in [-0.25, -0.2) is 17.9 Å². The molecule has 37 heavy (non-hydrogen) atoms. The molecule has 190 valence electrons. The molecule has 0 spiro atoms. The van der Waals surface area contributed by atoms with Crippen LogP contribution in [0.4, 0.5) is 4.79 Å². The zero-order chi connectivity index (χ0) is 26.0. The molecule has 2 aromatic heterocycles. The van der Waals surface area contributed by atoms with Gasteiger partial charge in [0.1, 0.15) is 4.90 Å². The van der Waals surface area contributed by atoms with E-state index in [4.69, 9.17) is 23.2 Å². The number of hydrogen-bond donors (Lipinski definition) is 2. The van der Waals surface area contributed by atoms with E-state index >= 15 is 0 Å². The van der Waals surface area contributed by atoms with E-state index < -0.39 is 16.1 Å². The van der Waals surface area contributed by atoms with Crippen molar-refractivity contribution in [2.24, 2.45) is 0 Å². The lowest BCUT2D eigenvalue weighted by molar-refractivity contribution is 0.247. The third-order valence-electron chi connectivity index (χ3n) is 6.16. The fourth-order valence-electron chi connectivity index (χ4n) is 4.38. The van der Waals surface area contributed by atoms with Crippen LogP contribution in [0.5, 0.6) is 0 Å². The maximum Gasteiger partial charge on any atom is 0.328 e. The van der Waals surface area contributed by atoms with Crippen molar-refractivity contribution >= 4 is 55.7 Å². The van der Waals surface area contributed by atoms with Gasteiger partial charge in [0.25, 0.3) is 10.0 Å². The van der Waals surface area contributed by atoms with Crippen LogP contribution in [0.25, 0.3) is 16.5 Å². The molecule has 0 radical (unpaired) electrons. The maximum atomic E-state index is 12.7. The number of allylic oxidation sites excluding steroid dienone is 1. The maximum absolute atomic E-state index is 12.7. The van der Waals surface area contributed by atoms with Gasteiger partial charge in [0.05, 0.1) is 24.0 Å². The van der Waals surface area contributed by atoms with E-state index in [0.29, 0.717) is 27.5 Å². The SMILES string of the molecule is O=C(NC/C=C1\CCCc2cnn(Cc3ccc(Cl)cc3Cl)c21)NS(=O)(=O)c1cnc2ccccc2c1. The van der Waals surface area contributed by atoms with E-state index in [2.05, 4.69) is 20.1 Å². The van der Waals surface area contributed by atoms with Crippen molar-refractivity contribution in [3.8, 4) is 0 Å². The number of sulfonamides is 1. The summed E-state index contributed by atoms with van der Waals surface area (Å²) in [6.45, 7) is 0.633. The predicted molar refractivity (Wildman–Crippen MR) is 144 cm³/mol. The molecule has 2 amide bonds. The van der Waals surface area contributed by atoms with Crippen LogP contribution in [-0.4, -0.2) is 35.8 Å². The number of halogens is 2. The van der Waals surface area contributed by atoms with Crippen LogP contribution < -0.4 is 10.0 Å². The minimum Gasteiger partial charge on any atom is -0.334 e. The summed E-state index contributed by atoms with van der Waals surface area (Å²) in [5.41, 5.74) is 4.72. The second-order valence-corrected chi connectivity index (χ2v) is 11.2. The van der Waals surface area contributed by atoms with Crippen LogP contribution in [0.15, 0.2) is 71.9 Å². The number of hydrogen-bond acceptors (Lipinski definition) is 5. The van der Waals surface area contributed by atoms with Gasteiger partial charge in [-0.2, -0.15) is 5.10 Å². The Bertz CT molecular complexity index is 1630. The van der Waals surface area contributed by atoms with Crippen LogP contribution in [-0.2, 0) is 23.0 Å².